The van der Waals surface area contributed by atoms with Gasteiger partial charge in [0.1, 0.15) is 0 Å². The van der Waals surface area contributed by atoms with Gasteiger partial charge in [0.2, 0.25) is 5.91 Å². The summed E-state index contributed by atoms with van der Waals surface area (Å²) < 4.78 is 0. The lowest BCUT2D eigenvalue weighted by atomic mass is 10.1. The predicted octanol–water partition coefficient (Wildman–Crippen LogP) is 0.553. The van der Waals surface area contributed by atoms with E-state index >= 15 is 0 Å². The average Bonchev–Trinajstić information content (AvgIpc) is 2.95. The highest BCUT2D eigenvalue weighted by atomic mass is 16.3. The van der Waals surface area contributed by atoms with Gasteiger partial charge in [-0.2, -0.15) is 0 Å². The minimum absolute atomic E-state index is 0.0316. The topological polar surface area (TPSA) is 55.8 Å². The number of hydrogen-bond donors (Lipinski definition) is 2. The molecule has 2 N–H and O–H groups in total. The van der Waals surface area contributed by atoms with Gasteiger partial charge in [0.25, 0.3) is 0 Å². The molecule has 116 valence electrons. The molecule has 1 aliphatic rings. The van der Waals surface area contributed by atoms with Gasteiger partial charge in [-0.15, -0.1) is 0 Å². The number of likely N-dealkylation sites (N-methyl/N-ethyl adjacent to an activating group) is 1. The lowest BCUT2D eigenvalue weighted by Gasteiger charge is -2.19. The second-order valence-electron chi connectivity index (χ2n) is 5.70. The van der Waals surface area contributed by atoms with Crippen molar-refractivity contribution in [1.29, 1.82) is 0 Å². The van der Waals surface area contributed by atoms with Crippen LogP contribution in [0.25, 0.3) is 0 Å². The molecule has 1 saturated heterocycles. The molecule has 1 amide bonds. The van der Waals surface area contributed by atoms with Crippen molar-refractivity contribution < 1.29 is 9.90 Å². The maximum absolute atomic E-state index is 11.8. The fourth-order valence-electron chi connectivity index (χ4n) is 2.68. The molecule has 1 atom stereocenters. The molecule has 1 aromatic rings. The molecule has 0 spiro atoms. The first-order chi connectivity index (χ1) is 10.2. The summed E-state index contributed by atoms with van der Waals surface area (Å²) in [5.41, 5.74) is 1.26. The number of aliphatic hydroxyl groups is 1. The van der Waals surface area contributed by atoms with E-state index in [9.17, 15) is 4.79 Å². The zero-order valence-corrected chi connectivity index (χ0v) is 12.7. The third kappa shape index (κ3) is 5.02. The fourth-order valence-corrected chi connectivity index (χ4v) is 2.68. The molecule has 1 unspecified atom stereocenters. The van der Waals surface area contributed by atoms with Gasteiger partial charge in [0.05, 0.1) is 13.2 Å². The van der Waals surface area contributed by atoms with Gasteiger partial charge in [-0.1, -0.05) is 18.2 Å². The second kappa shape index (κ2) is 8.00. The van der Waals surface area contributed by atoms with Crippen molar-refractivity contribution in [2.24, 2.45) is 5.92 Å². The standard InChI is InChI=1S/C16H25N3O2/c1-18(9-10-20)13-16(21)17-11-14-7-8-19(12-14)15-5-3-2-4-6-15/h2-6,14,20H,7-13H2,1H3,(H,17,21). The number of aliphatic hydroxyl groups excluding tert-OH is 1. The number of benzene rings is 1. The molecule has 5 heteroatoms. The maximum atomic E-state index is 11.8. The number of rotatable bonds is 7. The second-order valence-corrected chi connectivity index (χ2v) is 5.70. The van der Waals surface area contributed by atoms with Crippen LogP contribution in [0.15, 0.2) is 30.3 Å². The van der Waals surface area contributed by atoms with Crippen molar-refractivity contribution in [1.82, 2.24) is 10.2 Å². The zero-order valence-electron chi connectivity index (χ0n) is 12.7. The average molecular weight is 291 g/mol. The van der Waals surface area contributed by atoms with Crippen LogP contribution in [-0.4, -0.2) is 62.3 Å². The summed E-state index contributed by atoms with van der Waals surface area (Å²) >= 11 is 0. The maximum Gasteiger partial charge on any atom is 0.234 e. The quantitative estimate of drug-likeness (QED) is 0.770. The summed E-state index contributed by atoms with van der Waals surface area (Å²) in [6, 6.07) is 10.4. The van der Waals surface area contributed by atoms with E-state index in [1.807, 2.05) is 18.0 Å². The summed E-state index contributed by atoms with van der Waals surface area (Å²) in [4.78, 5) is 16.0. The van der Waals surface area contributed by atoms with Crippen LogP contribution >= 0.6 is 0 Å². The Hall–Kier alpha value is -1.59. The van der Waals surface area contributed by atoms with Gasteiger partial charge in [0.15, 0.2) is 0 Å². The summed E-state index contributed by atoms with van der Waals surface area (Å²) in [7, 11) is 1.84. The number of carbonyl (C=O) groups is 1. The lowest BCUT2D eigenvalue weighted by molar-refractivity contribution is -0.122. The Morgan fingerprint density at radius 2 is 2.19 bits per heavy atom. The molecule has 0 bridgehead atoms. The van der Waals surface area contributed by atoms with E-state index in [1.54, 1.807) is 0 Å². The minimum atomic E-state index is 0.0316. The number of anilines is 1. The number of hydrogen-bond acceptors (Lipinski definition) is 4. The summed E-state index contributed by atoms with van der Waals surface area (Å²) in [5, 5.41) is 11.8. The van der Waals surface area contributed by atoms with Crippen LogP contribution in [-0.2, 0) is 4.79 Å². The molecule has 0 saturated carbocycles. The van der Waals surface area contributed by atoms with E-state index < -0.39 is 0 Å². The Bertz CT molecular complexity index is 438. The lowest BCUT2D eigenvalue weighted by Crippen LogP contribution is -2.38. The molecule has 2 rings (SSSR count). The molecule has 0 radical (unpaired) electrons. The van der Waals surface area contributed by atoms with Crippen LogP contribution in [0.4, 0.5) is 5.69 Å². The molecule has 21 heavy (non-hydrogen) atoms. The van der Waals surface area contributed by atoms with E-state index in [0.717, 1.165) is 26.1 Å². The van der Waals surface area contributed by atoms with Crippen LogP contribution in [0.5, 0.6) is 0 Å². The van der Waals surface area contributed by atoms with E-state index in [0.29, 0.717) is 19.0 Å². The number of para-hydroxylation sites is 1. The predicted molar refractivity (Wildman–Crippen MR) is 84.4 cm³/mol. The van der Waals surface area contributed by atoms with Crippen molar-refractivity contribution in [2.75, 3.05) is 51.3 Å². The van der Waals surface area contributed by atoms with Crippen molar-refractivity contribution in [2.45, 2.75) is 6.42 Å². The van der Waals surface area contributed by atoms with E-state index in [2.05, 4.69) is 34.5 Å². The molecular weight excluding hydrogens is 266 g/mol. The highest BCUT2D eigenvalue weighted by Gasteiger charge is 2.22. The highest BCUT2D eigenvalue weighted by Crippen LogP contribution is 2.22. The molecule has 1 aliphatic heterocycles. The highest BCUT2D eigenvalue weighted by molar-refractivity contribution is 5.77. The Kier molecular flexibility index (Phi) is 6.02. The SMILES string of the molecule is CN(CCO)CC(=O)NCC1CCN(c2ccccc2)C1. The van der Waals surface area contributed by atoms with E-state index in [-0.39, 0.29) is 12.5 Å². The van der Waals surface area contributed by atoms with Crippen LogP contribution in [0.3, 0.4) is 0 Å². The zero-order chi connectivity index (χ0) is 15.1. The molecule has 0 aromatic heterocycles. The minimum Gasteiger partial charge on any atom is -0.395 e. The fraction of sp³-hybridized carbons (Fsp3) is 0.562. The first kappa shape index (κ1) is 15.8. The largest absolute Gasteiger partial charge is 0.395 e. The van der Waals surface area contributed by atoms with Crippen molar-refractivity contribution in [3.05, 3.63) is 30.3 Å². The number of carbonyl (C=O) groups excluding carboxylic acids is 1. The van der Waals surface area contributed by atoms with Gasteiger partial charge in [-0.05, 0) is 31.5 Å². The number of nitrogens with zero attached hydrogens (tertiary/aromatic N) is 2. The first-order valence-corrected chi connectivity index (χ1v) is 7.55. The first-order valence-electron chi connectivity index (χ1n) is 7.55. The Morgan fingerprint density at radius 1 is 1.43 bits per heavy atom. The van der Waals surface area contributed by atoms with Gasteiger partial charge >= 0.3 is 0 Å². The summed E-state index contributed by atoms with van der Waals surface area (Å²) in [6.07, 6.45) is 1.11. The van der Waals surface area contributed by atoms with E-state index in [4.69, 9.17) is 5.11 Å². The van der Waals surface area contributed by atoms with Gasteiger partial charge in [-0.3, -0.25) is 9.69 Å². The van der Waals surface area contributed by atoms with Crippen molar-refractivity contribution >= 4 is 11.6 Å². The molecule has 1 fully saturated rings. The van der Waals surface area contributed by atoms with Gasteiger partial charge < -0.3 is 15.3 Å². The Labute approximate surface area is 126 Å². The van der Waals surface area contributed by atoms with Crippen LogP contribution < -0.4 is 10.2 Å². The smallest absolute Gasteiger partial charge is 0.234 e. The molecule has 0 aliphatic carbocycles. The number of nitrogens with one attached hydrogen (secondary N) is 1. The Balaban J connectivity index is 1.70. The van der Waals surface area contributed by atoms with Crippen LogP contribution in [0.2, 0.25) is 0 Å². The van der Waals surface area contributed by atoms with Crippen molar-refractivity contribution in [3.8, 4) is 0 Å². The van der Waals surface area contributed by atoms with E-state index in [1.165, 1.54) is 5.69 Å². The summed E-state index contributed by atoms with van der Waals surface area (Å²) in [6.45, 7) is 3.73. The van der Waals surface area contributed by atoms with Gasteiger partial charge in [0, 0.05) is 31.9 Å². The third-order valence-corrected chi connectivity index (χ3v) is 3.89. The van der Waals surface area contributed by atoms with Crippen LogP contribution in [0, 0.1) is 5.92 Å². The Morgan fingerprint density at radius 3 is 2.90 bits per heavy atom. The number of amides is 1. The van der Waals surface area contributed by atoms with Crippen LogP contribution in [0.1, 0.15) is 6.42 Å². The van der Waals surface area contributed by atoms with Gasteiger partial charge in [-0.25, -0.2) is 0 Å². The molecule has 5 nitrogen and oxygen atoms in total. The molecule has 1 heterocycles. The third-order valence-electron chi connectivity index (χ3n) is 3.89. The molecular formula is C16H25N3O2. The monoisotopic (exact) mass is 291 g/mol. The summed E-state index contributed by atoms with van der Waals surface area (Å²) in [5.74, 6) is 0.543. The molecule has 1 aromatic carbocycles. The van der Waals surface area contributed by atoms with Crippen molar-refractivity contribution in [3.63, 3.8) is 0 Å². The normalized spacial score (nSPS) is 18.2.